The van der Waals surface area contributed by atoms with Crippen molar-refractivity contribution in [3.05, 3.63) is 30.1 Å². The molecule has 0 bridgehead atoms. The Labute approximate surface area is 115 Å². The van der Waals surface area contributed by atoms with Crippen molar-refractivity contribution in [3.63, 3.8) is 0 Å². The minimum atomic E-state index is -0.612. The molecule has 104 valence electrons. The molecule has 2 saturated heterocycles. The van der Waals surface area contributed by atoms with Gasteiger partial charge in [0.2, 0.25) is 5.91 Å². The predicted molar refractivity (Wildman–Crippen MR) is 66.5 cm³/mol. The second-order valence-electron chi connectivity index (χ2n) is 4.81. The van der Waals surface area contributed by atoms with Crippen molar-refractivity contribution >= 4 is 17.9 Å². The summed E-state index contributed by atoms with van der Waals surface area (Å²) >= 11 is 0. The third-order valence-corrected chi connectivity index (χ3v) is 3.44. The van der Waals surface area contributed by atoms with Gasteiger partial charge in [0.05, 0.1) is 12.5 Å². The number of nitrogens with zero attached hydrogens (tertiary/aromatic N) is 3. The molecule has 3 heterocycles. The zero-order chi connectivity index (χ0) is 14.1. The van der Waals surface area contributed by atoms with Crippen LogP contribution in [0.2, 0.25) is 0 Å². The number of hydrogen-bond acceptors (Lipinski definition) is 5. The highest BCUT2D eigenvalue weighted by Crippen LogP contribution is 2.20. The van der Waals surface area contributed by atoms with Crippen LogP contribution in [0.4, 0.5) is 4.79 Å². The minimum absolute atomic E-state index is 0.0331. The van der Waals surface area contributed by atoms with Gasteiger partial charge < -0.3 is 9.64 Å². The summed E-state index contributed by atoms with van der Waals surface area (Å²) in [7, 11) is 0. The number of hydrogen-bond donors (Lipinski definition) is 0. The fraction of sp³-hybridized carbons (Fsp3) is 0.385. The summed E-state index contributed by atoms with van der Waals surface area (Å²) in [5, 5.41) is 0. The Morgan fingerprint density at radius 3 is 2.80 bits per heavy atom. The normalized spacial score (nSPS) is 19.0. The van der Waals surface area contributed by atoms with Crippen LogP contribution in [-0.2, 0) is 20.7 Å². The molecule has 0 saturated carbocycles. The minimum Gasteiger partial charge on any atom is -0.439 e. The summed E-state index contributed by atoms with van der Waals surface area (Å²) in [6, 6.07) is 3.36. The molecule has 7 nitrogen and oxygen atoms in total. The summed E-state index contributed by atoms with van der Waals surface area (Å²) in [5.41, 5.74) is 0.845. The lowest BCUT2D eigenvalue weighted by Crippen LogP contribution is -2.62. The standard InChI is InChI=1S/C13H13N3O4/c17-11(4-9-2-1-3-14-5-9)15-6-10(7-15)16-12(18)8-20-13(16)19/h1-3,5,10H,4,6-8H2. The third kappa shape index (κ3) is 2.22. The summed E-state index contributed by atoms with van der Waals surface area (Å²) in [4.78, 5) is 41.5. The van der Waals surface area contributed by atoms with Crippen molar-refractivity contribution in [2.24, 2.45) is 0 Å². The second-order valence-corrected chi connectivity index (χ2v) is 4.81. The van der Waals surface area contributed by atoms with E-state index in [4.69, 9.17) is 0 Å². The lowest BCUT2D eigenvalue weighted by atomic mass is 10.1. The average molecular weight is 275 g/mol. The summed E-state index contributed by atoms with van der Waals surface area (Å²) < 4.78 is 4.65. The van der Waals surface area contributed by atoms with Gasteiger partial charge in [-0.05, 0) is 11.6 Å². The molecule has 1 aromatic heterocycles. The molecule has 20 heavy (non-hydrogen) atoms. The zero-order valence-electron chi connectivity index (χ0n) is 10.7. The van der Waals surface area contributed by atoms with Crippen molar-refractivity contribution in [1.82, 2.24) is 14.8 Å². The molecule has 2 aliphatic heterocycles. The average Bonchev–Trinajstić information content (AvgIpc) is 2.70. The van der Waals surface area contributed by atoms with Crippen LogP contribution < -0.4 is 0 Å². The zero-order valence-corrected chi connectivity index (χ0v) is 10.7. The van der Waals surface area contributed by atoms with E-state index in [9.17, 15) is 14.4 Å². The smallest absolute Gasteiger partial charge is 0.417 e. The Bertz CT molecular complexity index is 538. The highest BCUT2D eigenvalue weighted by molar-refractivity contribution is 5.98. The molecule has 0 N–H and O–H groups in total. The number of rotatable bonds is 3. The van der Waals surface area contributed by atoms with Gasteiger partial charge in [-0.3, -0.25) is 14.6 Å². The van der Waals surface area contributed by atoms with Gasteiger partial charge in [-0.1, -0.05) is 6.07 Å². The molecule has 2 fully saturated rings. The Kier molecular flexibility index (Phi) is 3.09. The highest BCUT2D eigenvalue weighted by atomic mass is 16.6. The molecule has 0 radical (unpaired) electrons. The van der Waals surface area contributed by atoms with Crippen LogP contribution in [0, 0.1) is 0 Å². The van der Waals surface area contributed by atoms with Crippen molar-refractivity contribution in [2.45, 2.75) is 12.5 Å². The Morgan fingerprint density at radius 1 is 1.40 bits per heavy atom. The van der Waals surface area contributed by atoms with Gasteiger partial charge in [0, 0.05) is 25.5 Å². The lowest BCUT2D eigenvalue weighted by Gasteiger charge is -2.42. The van der Waals surface area contributed by atoms with E-state index in [2.05, 4.69) is 9.72 Å². The first-order chi connectivity index (χ1) is 9.65. The van der Waals surface area contributed by atoms with Crippen LogP contribution in [0.25, 0.3) is 0 Å². The van der Waals surface area contributed by atoms with Crippen molar-refractivity contribution in [3.8, 4) is 0 Å². The van der Waals surface area contributed by atoms with Crippen LogP contribution in [0.1, 0.15) is 5.56 Å². The summed E-state index contributed by atoms with van der Waals surface area (Å²) in [6.07, 6.45) is 2.97. The van der Waals surface area contributed by atoms with Gasteiger partial charge in [0.15, 0.2) is 6.61 Å². The van der Waals surface area contributed by atoms with Crippen molar-refractivity contribution < 1.29 is 19.1 Å². The number of amides is 3. The Morgan fingerprint density at radius 2 is 2.20 bits per heavy atom. The Hall–Kier alpha value is -2.44. The maximum absolute atomic E-state index is 12.0. The quantitative estimate of drug-likeness (QED) is 0.764. The number of cyclic esters (lactones) is 1. The summed E-state index contributed by atoms with van der Waals surface area (Å²) in [5.74, 6) is -0.367. The van der Waals surface area contributed by atoms with E-state index in [0.717, 1.165) is 10.5 Å². The number of aromatic nitrogens is 1. The number of likely N-dealkylation sites (tertiary alicyclic amines) is 1. The van der Waals surface area contributed by atoms with E-state index in [1.165, 1.54) is 0 Å². The van der Waals surface area contributed by atoms with Crippen molar-refractivity contribution in [2.75, 3.05) is 19.7 Å². The van der Waals surface area contributed by atoms with Crippen LogP contribution >= 0.6 is 0 Å². The van der Waals surface area contributed by atoms with E-state index in [1.54, 1.807) is 23.4 Å². The Balaban J connectivity index is 1.54. The van der Waals surface area contributed by atoms with Gasteiger partial charge in [0.25, 0.3) is 5.91 Å². The van der Waals surface area contributed by atoms with Crippen LogP contribution in [0.3, 0.4) is 0 Å². The molecule has 0 aromatic carbocycles. The first-order valence-electron chi connectivity index (χ1n) is 6.30. The van der Waals surface area contributed by atoms with Crippen LogP contribution in [0.5, 0.6) is 0 Å². The summed E-state index contributed by atoms with van der Waals surface area (Å²) in [6.45, 7) is 0.554. The topological polar surface area (TPSA) is 79.8 Å². The van der Waals surface area contributed by atoms with Crippen LogP contribution in [-0.4, -0.2) is 58.4 Å². The predicted octanol–water partition coefficient (Wildman–Crippen LogP) is -0.186. The molecule has 1 aromatic rings. The molecule has 0 spiro atoms. The van der Waals surface area contributed by atoms with Crippen LogP contribution in [0.15, 0.2) is 24.5 Å². The van der Waals surface area contributed by atoms with E-state index in [0.29, 0.717) is 13.1 Å². The van der Waals surface area contributed by atoms with Gasteiger partial charge in [-0.2, -0.15) is 0 Å². The van der Waals surface area contributed by atoms with E-state index in [1.807, 2.05) is 6.07 Å². The fourth-order valence-electron chi connectivity index (χ4n) is 2.33. The monoisotopic (exact) mass is 275 g/mol. The molecule has 0 aliphatic carbocycles. The molecule has 0 atom stereocenters. The van der Waals surface area contributed by atoms with Gasteiger partial charge in [-0.15, -0.1) is 0 Å². The van der Waals surface area contributed by atoms with Gasteiger partial charge >= 0.3 is 6.09 Å². The molecular weight excluding hydrogens is 262 g/mol. The number of ether oxygens (including phenoxy) is 1. The number of carbonyl (C=O) groups is 3. The maximum Gasteiger partial charge on any atom is 0.417 e. The molecule has 3 amide bonds. The molecule has 7 heteroatoms. The number of carbonyl (C=O) groups excluding carboxylic acids is 3. The van der Waals surface area contributed by atoms with E-state index in [-0.39, 0.29) is 30.9 Å². The molecular formula is C13H13N3O4. The first kappa shape index (κ1) is 12.6. The number of imide groups is 1. The molecule has 2 aliphatic rings. The first-order valence-corrected chi connectivity index (χ1v) is 6.30. The third-order valence-electron chi connectivity index (χ3n) is 3.44. The molecule has 0 unspecified atom stereocenters. The van der Waals surface area contributed by atoms with E-state index >= 15 is 0 Å². The van der Waals surface area contributed by atoms with Crippen molar-refractivity contribution in [1.29, 1.82) is 0 Å². The maximum atomic E-state index is 12.0. The fourth-order valence-corrected chi connectivity index (χ4v) is 2.33. The highest BCUT2D eigenvalue weighted by Gasteiger charge is 2.44. The number of pyridine rings is 1. The largest absolute Gasteiger partial charge is 0.439 e. The van der Waals surface area contributed by atoms with Gasteiger partial charge in [-0.25, -0.2) is 9.69 Å². The SMILES string of the molecule is O=C(Cc1cccnc1)N1CC(N2C(=O)COC2=O)C1. The van der Waals surface area contributed by atoms with E-state index < -0.39 is 6.09 Å². The molecule has 3 rings (SSSR count). The van der Waals surface area contributed by atoms with Gasteiger partial charge in [0.1, 0.15) is 0 Å². The lowest BCUT2D eigenvalue weighted by molar-refractivity contribution is -0.141. The second kappa shape index (κ2) is 4.92.